The van der Waals surface area contributed by atoms with E-state index >= 15 is 0 Å². The van der Waals surface area contributed by atoms with Gasteiger partial charge in [0.2, 0.25) is 0 Å². The van der Waals surface area contributed by atoms with E-state index in [2.05, 4.69) is 10.6 Å². The van der Waals surface area contributed by atoms with E-state index in [-0.39, 0.29) is 11.8 Å². The van der Waals surface area contributed by atoms with Crippen LogP contribution in [0, 0.1) is 0 Å². The quantitative estimate of drug-likeness (QED) is 0.529. The molecule has 1 rings (SSSR count). The van der Waals surface area contributed by atoms with Crippen LogP contribution in [0.15, 0.2) is 24.3 Å². The van der Waals surface area contributed by atoms with E-state index in [0.717, 1.165) is 0 Å². The van der Waals surface area contributed by atoms with Crippen LogP contribution < -0.4 is 16.4 Å². The van der Waals surface area contributed by atoms with Gasteiger partial charge in [0.1, 0.15) is 5.75 Å². The summed E-state index contributed by atoms with van der Waals surface area (Å²) >= 11 is 0. The molecule has 0 bridgehead atoms. The van der Waals surface area contributed by atoms with Gasteiger partial charge in [-0.1, -0.05) is 12.1 Å². The second-order valence-electron chi connectivity index (χ2n) is 2.69. The first kappa shape index (κ1) is 10.3. The Balaban J connectivity index is 2.52. The smallest absolute Gasteiger partial charge is 0.319 e. The lowest BCUT2D eigenvalue weighted by atomic mass is 10.3. The molecule has 5 heteroatoms. The highest BCUT2D eigenvalue weighted by Crippen LogP contribution is 2.20. The number of anilines is 1. The fraction of sp³-hybridized carbons (Fsp3) is 0.222. The van der Waals surface area contributed by atoms with E-state index in [1.54, 1.807) is 18.2 Å². The average Bonchev–Trinajstić information content (AvgIpc) is 2.18. The molecule has 5 N–H and O–H groups in total. The van der Waals surface area contributed by atoms with E-state index in [4.69, 9.17) is 5.73 Å². The summed E-state index contributed by atoms with van der Waals surface area (Å²) < 4.78 is 0. The van der Waals surface area contributed by atoms with Crippen molar-refractivity contribution in [1.82, 2.24) is 5.32 Å². The average molecular weight is 195 g/mol. The SMILES string of the molecule is NCCNC(=O)Nc1ccccc1O. The summed E-state index contributed by atoms with van der Waals surface area (Å²) in [7, 11) is 0. The van der Waals surface area contributed by atoms with Crippen LogP contribution >= 0.6 is 0 Å². The monoisotopic (exact) mass is 195 g/mol. The Labute approximate surface area is 81.9 Å². The zero-order valence-electron chi connectivity index (χ0n) is 7.66. The lowest BCUT2D eigenvalue weighted by Gasteiger charge is -2.07. The number of hydrogen-bond donors (Lipinski definition) is 4. The zero-order chi connectivity index (χ0) is 10.4. The summed E-state index contributed by atoms with van der Waals surface area (Å²) in [4.78, 5) is 11.1. The molecule has 0 unspecified atom stereocenters. The second kappa shape index (κ2) is 5.08. The highest BCUT2D eigenvalue weighted by molar-refractivity contribution is 5.90. The Bertz CT molecular complexity index is 315. The summed E-state index contributed by atoms with van der Waals surface area (Å²) in [6.45, 7) is 0.785. The molecule has 0 radical (unpaired) electrons. The summed E-state index contributed by atoms with van der Waals surface area (Å²) in [6, 6.07) is 6.13. The van der Waals surface area contributed by atoms with E-state index in [9.17, 15) is 9.90 Å². The largest absolute Gasteiger partial charge is 0.506 e. The molecular formula is C9H13N3O2. The van der Waals surface area contributed by atoms with Gasteiger partial charge in [-0.15, -0.1) is 0 Å². The summed E-state index contributed by atoms with van der Waals surface area (Å²) in [5.41, 5.74) is 5.59. The molecule has 0 saturated carbocycles. The Hall–Kier alpha value is -1.75. The molecule has 0 fully saturated rings. The molecule has 76 valence electrons. The van der Waals surface area contributed by atoms with E-state index < -0.39 is 0 Å². The van der Waals surface area contributed by atoms with E-state index in [0.29, 0.717) is 18.8 Å². The van der Waals surface area contributed by atoms with Crippen molar-refractivity contribution in [3.05, 3.63) is 24.3 Å². The predicted molar refractivity (Wildman–Crippen MR) is 54.2 cm³/mol. The minimum absolute atomic E-state index is 0.0374. The van der Waals surface area contributed by atoms with Gasteiger partial charge in [0.15, 0.2) is 0 Å². The molecule has 0 aliphatic heterocycles. The Morgan fingerprint density at radius 1 is 1.43 bits per heavy atom. The number of hydrogen-bond acceptors (Lipinski definition) is 3. The van der Waals surface area contributed by atoms with Crippen molar-refractivity contribution in [2.45, 2.75) is 0 Å². The molecule has 0 aliphatic carbocycles. The summed E-state index contributed by atoms with van der Waals surface area (Å²) in [5.74, 6) is 0.0374. The molecule has 0 heterocycles. The predicted octanol–water partition coefficient (Wildman–Crippen LogP) is 0.472. The molecule has 0 aromatic heterocycles. The topological polar surface area (TPSA) is 87.4 Å². The maximum atomic E-state index is 11.1. The third kappa shape index (κ3) is 2.95. The lowest BCUT2D eigenvalue weighted by molar-refractivity contribution is 0.252. The van der Waals surface area contributed by atoms with Crippen LogP contribution in [0.1, 0.15) is 0 Å². The van der Waals surface area contributed by atoms with Crippen molar-refractivity contribution >= 4 is 11.7 Å². The van der Waals surface area contributed by atoms with Crippen molar-refractivity contribution in [2.24, 2.45) is 5.73 Å². The van der Waals surface area contributed by atoms with Gasteiger partial charge < -0.3 is 21.5 Å². The highest BCUT2D eigenvalue weighted by atomic mass is 16.3. The number of carbonyl (C=O) groups is 1. The lowest BCUT2D eigenvalue weighted by Crippen LogP contribution is -2.32. The molecule has 0 atom stereocenters. The number of urea groups is 1. The number of nitrogens with two attached hydrogens (primary N) is 1. The van der Waals surface area contributed by atoms with Crippen LogP contribution in [0.4, 0.5) is 10.5 Å². The van der Waals surface area contributed by atoms with Gasteiger partial charge in [0, 0.05) is 13.1 Å². The van der Waals surface area contributed by atoms with Crippen LogP contribution in [0.25, 0.3) is 0 Å². The Morgan fingerprint density at radius 2 is 2.14 bits per heavy atom. The first-order chi connectivity index (χ1) is 6.74. The normalized spacial score (nSPS) is 9.50. The molecule has 14 heavy (non-hydrogen) atoms. The number of aromatic hydroxyl groups is 1. The first-order valence-electron chi connectivity index (χ1n) is 4.27. The third-order valence-corrected chi connectivity index (χ3v) is 1.58. The minimum Gasteiger partial charge on any atom is -0.506 e. The maximum Gasteiger partial charge on any atom is 0.319 e. The van der Waals surface area contributed by atoms with Crippen molar-refractivity contribution in [1.29, 1.82) is 0 Å². The van der Waals surface area contributed by atoms with Crippen molar-refractivity contribution in [2.75, 3.05) is 18.4 Å². The van der Waals surface area contributed by atoms with Crippen LogP contribution in [0.2, 0.25) is 0 Å². The molecular weight excluding hydrogens is 182 g/mol. The number of phenolic OH excluding ortho intramolecular Hbond substituents is 1. The summed E-state index contributed by atoms with van der Waals surface area (Å²) in [6.07, 6.45) is 0. The molecule has 0 saturated heterocycles. The number of para-hydroxylation sites is 2. The highest BCUT2D eigenvalue weighted by Gasteiger charge is 2.03. The van der Waals surface area contributed by atoms with E-state index in [1.807, 2.05) is 0 Å². The Morgan fingerprint density at radius 3 is 2.79 bits per heavy atom. The number of benzene rings is 1. The fourth-order valence-corrected chi connectivity index (χ4v) is 0.932. The van der Waals surface area contributed by atoms with E-state index in [1.165, 1.54) is 6.07 Å². The molecule has 0 aliphatic rings. The van der Waals surface area contributed by atoms with Gasteiger partial charge in [-0.3, -0.25) is 0 Å². The number of amides is 2. The van der Waals surface area contributed by atoms with Gasteiger partial charge in [0.25, 0.3) is 0 Å². The molecule has 1 aromatic rings. The van der Waals surface area contributed by atoms with Gasteiger partial charge >= 0.3 is 6.03 Å². The summed E-state index contributed by atoms with van der Waals surface area (Å²) in [5, 5.41) is 14.3. The molecule has 1 aromatic carbocycles. The number of rotatable bonds is 3. The van der Waals surface area contributed by atoms with Crippen molar-refractivity contribution in [3.63, 3.8) is 0 Å². The van der Waals surface area contributed by atoms with Gasteiger partial charge in [0.05, 0.1) is 5.69 Å². The third-order valence-electron chi connectivity index (χ3n) is 1.58. The number of nitrogens with one attached hydrogen (secondary N) is 2. The van der Waals surface area contributed by atoms with Gasteiger partial charge in [-0.2, -0.15) is 0 Å². The van der Waals surface area contributed by atoms with Crippen LogP contribution in [-0.2, 0) is 0 Å². The van der Waals surface area contributed by atoms with Gasteiger partial charge in [-0.25, -0.2) is 4.79 Å². The van der Waals surface area contributed by atoms with Gasteiger partial charge in [-0.05, 0) is 12.1 Å². The first-order valence-corrected chi connectivity index (χ1v) is 4.27. The molecule has 5 nitrogen and oxygen atoms in total. The Kier molecular flexibility index (Phi) is 3.75. The molecule has 2 amide bonds. The zero-order valence-corrected chi connectivity index (χ0v) is 7.66. The minimum atomic E-state index is -0.378. The van der Waals surface area contributed by atoms with Crippen LogP contribution in [0.3, 0.4) is 0 Å². The van der Waals surface area contributed by atoms with Crippen molar-refractivity contribution in [3.8, 4) is 5.75 Å². The van der Waals surface area contributed by atoms with Crippen LogP contribution in [-0.4, -0.2) is 24.2 Å². The number of carbonyl (C=O) groups excluding carboxylic acids is 1. The van der Waals surface area contributed by atoms with Crippen LogP contribution in [0.5, 0.6) is 5.75 Å². The maximum absolute atomic E-state index is 11.1. The molecule has 0 spiro atoms. The second-order valence-corrected chi connectivity index (χ2v) is 2.69. The standard InChI is InChI=1S/C9H13N3O2/c10-5-6-11-9(14)12-7-3-1-2-4-8(7)13/h1-4,13H,5-6,10H2,(H2,11,12,14). The van der Waals surface area contributed by atoms with Crippen molar-refractivity contribution < 1.29 is 9.90 Å². The fourth-order valence-electron chi connectivity index (χ4n) is 0.932. The number of phenols is 1.